The van der Waals surface area contributed by atoms with Crippen molar-refractivity contribution in [2.24, 2.45) is 0 Å². The second-order valence-corrected chi connectivity index (χ2v) is 7.96. The highest BCUT2D eigenvalue weighted by Crippen LogP contribution is 2.27. The molecule has 3 aromatic carbocycles. The molecule has 8 heteroatoms. The Morgan fingerprint density at radius 1 is 0.939 bits per heavy atom. The summed E-state index contributed by atoms with van der Waals surface area (Å²) in [5.74, 6) is -0.629. The molecule has 0 aliphatic heterocycles. The van der Waals surface area contributed by atoms with E-state index in [4.69, 9.17) is 11.6 Å². The first-order valence-corrected chi connectivity index (χ1v) is 10.7. The summed E-state index contributed by atoms with van der Waals surface area (Å²) in [6.45, 7) is 3.05. The van der Waals surface area contributed by atoms with Gasteiger partial charge in [0.15, 0.2) is 0 Å². The van der Waals surface area contributed by atoms with Crippen molar-refractivity contribution in [1.82, 2.24) is 9.55 Å². The third-order valence-electron chi connectivity index (χ3n) is 5.17. The number of aromatic nitrogens is 2. The van der Waals surface area contributed by atoms with Gasteiger partial charge < -0.3 is 10.6 Å². The van der Waals surface area contributed by atoms with Crippen LogP contribution in [0.2, 0.25) is 5.02 Å². The highest BCUT2D eigenvalue weighted by atomic mass is 35.5. The van der Waals surface area contributed by atoms with Crippen LogP contribution < -0.4 is 16.2 Å². The van der Waals surface area contributed by atoms with Gasteiger partial charge in [-0.25, -0.2) is 4.98 Å². The lowest BCUT2D eigenvalue weighted by molar-refractivity contribution is -0.118. The Morgan fingerprint density at radius 2 is 1.61 bits per heavy atom. The summed E-state index contributed by atoms with van der Waals surface area (Å²) in [4.78, 5) is 43.0. The topological polar surface area (TPSA) is 93.1 Å². The van der Waals surface area contributed by atoms with E-state index in [1.807, 2.05) is 6.07 Å². The third-order valence-corrected chi connectivity index (χ3v) is 5.42. The van der Waals surface area contributed by atoms with Gasteiger partial charge in [-0.2, -0.15) is 0 Å². The van der Waals surface area contributed by atoms with E-state index in [1.54, 1.807) is 73.7 Å². The van der Waals surface area contributed by atoms with E-state index in [0.717, 1.165) is 0 Å². The van der Waals surface area contributed by atoms with Crippen LogP contribution in [-0.2, 0) is 9.59 Å². The Balaban J connectivity index is 1.84. The molecule has 4 aromatic rings. The molecule has 0 radical (unpaired) electrons. The van der Waals surface area contributed by atoms with Crippen LogP contribution in [0.4, 0.5) is 11.4 Å². The summed E-state index contributed by atoms with van der Waals surface area (Å²) >= 11 is 5.92. The van der Waals surface area contributed by atoms with Crippen molar-refractivity contribution in [2.45, 2.75) is 19.9 Å². The summed E-state index contributed by atoms with van der Waals surface area (Å²) in [5, 5.41) is 6.12. The molecule has 2 N–H and O–H groups in total. The number of nitrogens with zero attached hydrogens (tertiary/aromatic N) is 2. The van der Waals surface area contributed by atoms with Gasteiger partial charge >= 0.3 is 0 Å². The van der Waals surface area contributed by atoms with E-state index in [9.17, 15) is 14.4 Å². The lowest BCUT2D eigenvalue weighted by atomic mass is 10.1. The second kappa shape index (κ2) is 9.26. The standard InChI is InChI=1S/C25H21ClN4O3/c1-15(24(32)28-18-13-11-17(26)12-14-18)30-22-10-6-5-9-21(22)29-23(25(30)33)19-7-3-4-8-20(19)27-16(2)31/h3-15H,1-2H3,(H,27,31)(H,28,32)/t15-/m0/s1. The number of hydrogen-bond donors (Lipinski definition) is 2. The fourth-order valence-electron chi connectivity index (χ4n) is 3.60. The molecular weight excluding hydrogens is 440 g/mol. The van der Waals surface area contributed by atoms with Gasteiger partial charge in [-0.05, 0) is 49.4 Å². The molecule has 0 saturated carbocycles. The van der Waals surface area contributed by atoms with Crippen molar-refractivity contribution in [3.05, 3.63) is 88.2 Å². The summed E-state index contributed by atoms with van der Waals surface area (Å²) < 4.78 is 1.42. The van der Waals surface area contributed by atoms with Gasteiger partial charge in [0.1, 0.15) is 11.7 Å². The van der Waals surface area contributed by atoms with Gasteiger partial charge in [0.2, 0.25) is 11.8 Å². The maximum Gasteiger partial charge on any atom is 0.278 e. The number of rotatable bonds is 5. The van der Waals surface area contributed by atoms with Crippen LogP contribution in [0.25, 0.3) is 22.3 Å². The molecule has 0 bridgehead atoms. The highest BCUT2D eigenvalue weighted by Gasteiger charge is 2.23. The van der Waals surface area contributed by atoms with Crippen molar-refractivity contribution in [2.75, 3.05) is 10.6 Å². The Kier molecular flexibility index (Phi) is 6.24. The first-order chi connectivity index (χ1) is 15.8. The smallest absolute Gasteiger partial charge is 0.278 e. The van der Waals surface area contributed by atoms with Crippen LogP contribution in [0.1, 0.15) is 19.9 Å². The van der Waals surface area contributed by atoms with Crippen molar-refractivity contribution in [1.29, 1.82) is 0 Å². The number of para-hydroxylation sites is 3. The predicted molar refractivity (Wildman–Crippen MR) is 131 cm³/mol. The van der Waals surface area contributed by atoms with Gasteiger partial charge in [-0.3, -0.25) is 19.0 Å². The van der Waals surface area contributed by atoms with E-state index in [1.165, 1.54) is 11.5 Å². The van der Waals surface area contributed by atoms with Crippen LogP contribution in [0.15, 0.2) is 77.6 Å². The number of halogens is 1. The molecule has 2 amide bonds. The Morgan fingerprint density at radius 3 is 2.33 bits per heavy atom. The van der Waals surface area contributed by atoms with E-state index in [-0.39, 0.29) is 17.5 Å². The SMILES string of the molecule is CC(=O)Nc1ccccc1-c1nc2ccccc2n([C@@H](C)C(=O)Nc2ccc(Cl)cc2)c1=O. The van der Waals surface area contributed by atoms with Gasteiger partial charge in [0.05, 0.1) is 16.7 Å². The quantitative estimate of drug-likeness (QED) is 0.444. The van der Waals surface area contributed by atoms with E-state index in [2.05, 4.69) is 15.6 Å². The molecule has 33 heavy (non-hydrogen) atoms. The minimum Gasteiger partial charge on any atom is -0.326 e. The number of amides is 2. The molecule has 4 rings (SSSR count). The van der Waals surface area contributed by atoms with Gasteiger partial charge in [0.25, 0.3) is 5.56 Å². The predicted octanol–water partition coefficient (Wildman–Crippen LogP) is 4.88. The van der Waals surface area contributed by atoms with Crippen molar-refractivity contribution in [3.63, 3.8) is 0 Å². The molecule has 1 aromatic heterocycles. The molecule has 0 aliphatic rings. The second-order valence-electron chi connectivity index (χ2n) is 7.52. The summed E-state index contributed by atoms with van der Waals surface area (Å²) in [6, 6.07) is 20.0. The monoisotopic (exact) mass is 460 g/mol. The minimum atomic E-state index is -0.840. The number of hydrogen-bond acceptors (Lipinski definition) is 4. The van der Waals surface area contributed by atoms with E-state index in [0.29, 0.717) is 33.0 Å². The molecule has 0 aliphatic carbocycles. The first-order valence-electron chi connectivity index (χ1n) is 10.3. The summed E-state index contributed by atoms with van der Waals surface area (Å²) in [7, 11) is 0. The average molecular weight is 461 g/mol. The van der Waals surface area contributed by atoms with E-state index < -0.39 is 11.6 Å². The van der Waals surface area contributed by atoms with Gasteiger partial charge in [-0.1, -0.05) is 41.9 Å². The fourth-order valence-corrected chi connectivity index (χ4v) is 3.73. The van der Waals surface area contributed by atoms with Gasteiger partial charge in [0, 0.05) is 23.2 Å². The molecule has 0 fully saturated rings. The number of carbonyl (C=O) groups excluding carboxylic acids is 2. The fraction of sp³-hybridized carbons (Fsp3) is 0.120. The summed E-state index contributed by atoms with van der Waals surface area (Å²) in [6.07, 6.45) is 0. The van der Waals surface area contributed by atoms with Crippen molar-refractivity contribution >= 4 is 45.8 Å². The number of carbonyl (C=O) groups is 2. The number of nitrogens with one attached hydrogen (secondary N) is 2. The molecule has 1 atom stereocenters. The van der Waals surface area contributed by atoms with Gasteiger partial charge in [-0.15, -0.1) is 0 Å². The number of fused-ring (bicyclic) bond motifs is 1. The average Bonchev–Trinajstić information content (AvgIpc) is 2.80. The maximum atomic E-state index is 13.7. The molecule has 0 spiro atoms. The molecule has 1 heterocycles. The minimum absolute atomic E-state index is 0.143. The first kappa shape index (κ1) is 22.2. The lowest BCUT2D eigenvalue weighted by Gasteiger charge is -2.19. The van der Waals surface area contributed by atoms with Crippen LogP contribution in [-0.4, -0.2) is 21.4 Å². The zero-order valence-corrected chi connectivity index (χ0v) is 18.8. The normalized spacial score (nSPS) is 11.7. The van der Waals surface area contributed by atoms with Crippen molar-refractivity contribution in [3.8, 4) is 11.3 Å². The van der Waals surface area contributed by atoms with Crippen LogP contribution >= 0.6 is 11.6 Å². The molecule has 7 nitrogen and oxygen atoms in total. The summed E-state index contributed by atoms with van der Waals surface area (Å²) in [5.41, 5.74) is 2.29. The Bertz CT molecular complexity index is 1410. The molecule has 166 valence electrons. The molecular formula is C25H21ClN4O3. The molecule has 0 unspecified atom stereocenters. The lowest BCUT2D eigenvalue weighted by Crippen LogP contribution is -2.33. The Hall–Kier alpha value is -3.97. The zero-order valence-electron chi connectivity index (χ0n) is 18.0. The van der Waals surface area contributed by atoms with Crippen LogP contribution in [0.5, 0.6) is 0 Å². The zero-order chi connectivity index (χ0) is 23.5. The highest BCUT2D eigenvalue weighted by molar-refractivity contribution is 6.30. The third kappa shape index (κ3) is 4.63. The van der Waals surface area contributed by atoms with Crippen LogP contribution in [0, 0.1) is 0 Å². The molecule has 0 saturated heterocycles. The largest absolute Gasteiger partial charge is 0.326 e. The van der Waals surface area contributed by atoms with Crippen LogP contribution in [0.3, 0.4) is 0 Å². The maximum absolute atomic E-state index is 13.7. The Labute approximate surface area is 195 Å². The van der Waals surface area contributed by atoms with E-state index >= 15 is 0 Å². The number of benzene rings is 3. The van der Waals surface area contributed by atoms with Crippen molar-refractivity contribution < 1.29 is 9.59 Å². The number of anilines is 2.